The Morgan fingerprint density at radius 3 is 2.45 bits per heavy atom. The van der Waals surface area contributed by atoms with Gasteiger partial charge in [-0.2, -0.15) is 0 Å². The average molecular weight is 448 g/mol. The van der Waals surface area contributed by atoms with Crippen LogP contribution in [0.25, 0.3) is 53.5 Å². The number of fused-ring (bicyclic) bond motifs is 3. The lowest BCUT2D eigenvalue weighted by Crippen LogP contribution is -2.12. The first kappa shape index (κ1) is 20.2. The predicted octanol–water partition coefficient (Wildman–Crippen LogP) is 9.14. The van der Waals surface area contributed by atoms with Gasteiger partial charge in [-0.1, -0.05) is 45.0 Å². The maximum Gasteiger partial charge on any atom is 0.134 e. The number of thiophene rings is 1. The van der Waals surface area contributed by atoms with Gasteiger partial charge in [-0.25, -0.2) is 0 Å². The largest absolute Gasteiger partial charge is 0.461 e. The number of pyridine rings is 1. The molecule has 0 spiro atoms. The number of benzene rings is 3. The lowest BCUT2D eigenvalue weighted by Gasteiger charge is -2.22. The molecule has 2 nitrogen and oxygen atoms in total. The SMILES string of the molecule is Cc1cc2cc(-c3cc4ccnc(-c5cc(C(C)(C)C)c6ccccc6c5)c4s3)ccc2o1. The van der Waals surface area contributed by atoms with Crippen LogP contribution in [0.15, 0.2) is 83.4 Å². The number of aromatic nitrogens is 1. The van der Waals surface area contributed by atoms with Crippen molar-refractivity contribution in [1.82, 2.24) is 4.98 Å². The summed E-state index contributed by atoms with van der Waals surface area (Å²) in [5.41, 5.74) is 5.78. The van der Waals surface area contributed by atoms with Crippen LogP contribution in [-0.2, 0) is 5.41 Å². The quantitative estimate of drug-likeness (QED) is 0.264. The van der Waals surface area contributed by atoms with Gasteiger partial charge in [0.1, 0.15) is 11.3 Å². The molecule has 6 aromatic rings. The van der Waals surface area contributed by atoms with Crippen molar-refractivity contribution < 1.29 is 4.42 Å². The molecule has 3 heterocycles. The summed E-state index contributed by atoms with van der Waals surface area (Å²) in [6.45, 7) is 8.84. The summed E-state index contributed by atoms with van der Waals surface area (Å²) < 4.78 is 6.99. The fourth-order valence-corrected chi connectivity index (χ4v) is 5.87. The fourth-order valence-electron chi connectivity index (χ4n) is 4.71. The molecule has 162 valence electrons. The lowest BCUT2D eigenvalue weighted by atomic mass is 9.82. The summed E-state index contributed by atoms with van der Waals surface area (Å²) in [6.07, 6.45) is 1.93. The molecule has 3 heteroatoms. The molecule has 0 saturated carbocycles. The summed E-state index contributed by atoms with van der Waals surface area (Å²) in [5, 5.41) is 4.95. The minimum atomic E-state index is 0.0439. The van der Waals surface area contributed by atoms with Crippen LogP contribution in [0.3, 0.4) is 0 Å². The van der Waals surface area contributed by atoms with Crippen LogP contribution in [0.5, 0.6) is 0 Å². The molecule has 0 aliphatic heterocycles. The Morgan fingerprint density at radius 2 is 1.61 bits per heavy atom. The molecule has 0 radical (unpaired) electrons. The summed E-state index contributed by atoms with van der Waals surface area (Å²) in [4.78, 5) is 6.11. The third kappa shape index (κ3) is 3.44. The Morgan fingerprint density at radius 1 is 0.788 bits per heavy atom. The van der Waals surface area contributed by atoms with Crippen LogP contribution >= 0.6 is 11.3 Å². The molecule has 0 fully saturated rings. The molecular formula is C30H25NOS. The Labute approximate surface area is 197 Å². The second kappa shape index (κ2) is 7.29. The third-order valence-corrected chi connectivity index (χ3v) is 7.51. The highest BCUT2D eigenvalue weighted by molar-refractivity contribution is 7.22. The van der Waals surface area contributed by atoms with Gasteiger partial charge in [0.2, 0.25) is 0 Å². The van der Waals surface area contributed by atoms with Crippen LogP contribution in [0.2, 0.25) is 0 Å². The Balaban J connectivity index is 1.55. The number of hydrogen-bond acceptors (Lipinski definition) is 3. The molecule has 0 atom stereocenters. The molecule has 6 rings (SSSR count). The number of aryl methyl sites for hydroxylation is 1. The minimum Gasteiger partial charge on any atom is -0.461 e. The van der Waals surface area contributed by atoms with Crippen molar-refractivity contribution in [1.29, 1.82) is 0 Å². The number of hydrogen-bond donors (Lipinski definition) is 0. The van der Waals surface area contributed by atoms with E-state index in [1.54, 1.807) is 0 Å². The van der Waals surface area contributed by atoms with Gasteiger partial charge < -0.3 is 4.42 Å². The van der Waals surface area contributed by atoms with Crippen molar-refractivity contribution in [2.24, 2.45) is 0 Å². The standard InChI is InChI=1S/C30H25NOS/c1-18-13-22-15-20(9-10-26(22)32-18)27-17-21-11-12-31-28(29(21)33-27)23-14-19-7-5-6-8-24(19)25(16-23)30(2,3)4/h5-17H,1-4H3. The molecule has 0 unspecified atom stereocenters. The molecule has 0 saturated heterocycles. The zero-order valence-corrected chi connectivity index (χ0v) is 20.1. The minimum absolute atomic E-state index is 0.0439. The molecule has 0 N–H and O–H groups in total. The second-order valence-electron chi connectivity index (χ2n) is 9.79. The van der Waals surface area contributed by atoms with Gasteiger partial charge in [0.05, 0.1) is 10.4 Å². The Hall–Kier alpha value is -3.43. The number of furan rings is 1. The van der Waals surface area contributed by atoms with Gasteiger partial charge in [0.25, 0.3) is 0 Å². The molecule has 0 aliphatic rings. The highest BCUT2D eigenvalue weighted by Gasteiger charge is 2.20. The van der Waals surface area contributed by atoms with Gasteiger partial charge >= 0.3 is 0 Å². The first-order valence-corrected chi connectivity index (χ1v) is 12.1. The first-order chi connectivity index (χ1) is 15.9. The molecule has 0 bridgehead atoms. The van der Waals surface area contributed by atoms with E-state index in [2.05, 4.69) is 93.6 Å². The smallest absolute Gasteiger partial charge is 0.134 e. The van der Waals surface area contributed by atoms with Gasteiger partial charge in [-0.05, 0) is 88.2 Å². The van der Waals surface area contributed by atoms with E-state index < -0.39 is 0 Å². The number of rotatable bonds is 2. The normalized spacial score (nSPS) is 12.2. The van der Waals surface area contributed by atoms with Crippen molar-refractivity contribution in [2.45, 2.75) is 33.1 Å². The van der Waals surface area contributed by atoms with Crippen molar-refractivity contribution in [3.8, 4) is 21.7 Å². The monoisotopic (exact) mass is 447 g/mol. The van der Waals surface area contributed by atoms with E-state index in [1.165, 1.54) is 42.4 Å². The van der Waals surface area contributed by atoms with Crippen LogP contribution in [0, 0.1) is 6.92 Å². The molecule has 33 heavy (non-hydrogen) atoms. The molecular weight excluding hydrogens is 422 g/mol. The third-order valence-electron chi connectivity index (χ3n) is 6.30. The van der Waals surface area contributed by atoms with Gasteiger partial charge in [-0.3, -0.25) is 4.98 Å². The number of nitrogens with zero attached hydrogens (tertiary/aromatic N) is 1. The van der Waals surface area contributed by atoms with E-state index in [4.69, 9.17) is 9.40 Å². The summed E-state index contributed by atoms with van der Waals surface area (Å²) in [5.74, 6) is 0.941. The highest BCUT2D eigenvalue weighted by Crippen LogP contribution is 2.41. The molecule has 0 aliphatic carbocycles. The lowest BCUT2D eigenvalue weighted by molar-refractivity contribution is 0.578. The highest BCUT2D eigenvalue weighted by atomic mass is 32.1. The topological polar surface area (TPSA) is 26.0 Å². The van der Waals surface area contributed by atoms with Crippen molar-refractivity contribution in [3.05, 3.63) is 90.3 Å². The summed E-state index contributed by atoms with van der Waals surface area (Å²) in [6, 6.07) is 26.2. The summed E-state index contributed by atoms with van der Waals surface area (Å²) >= 11 is 1.81. The average Bonchev–Trinajstić information content (AvgIpc) is 3.39. The zero-order valence-electron chi connectivity index (χ0n) is 19.3. The molecule has 3 aromatic heterocycles. The van der Waals surface area contributed by atoms with E-state index in [1.807, 2.05) is 24.5 Å². The predicted molar refractivity (Wildman–Crippen MR) is 141 cm³/mol. The van der Waals surface area contributed by atoms with Crippen molar-refractivity contribution in [2.75, 3.05) is 0 Å². The van der Waals surface area contributed by atoms with Crippen LogP contribution in [-0.4, -0.2) is 4.98 Å². The second-order valence-corrected chi connectivity index (χ2v) is 10.8. The van der Waals surface area contributed by atoms with Gasteiger partial charge in [0, 0.05) is 22.0 Å². The molecule has 3 aromatic carbocycles. The Bertz CT molecular complexity index is 1660. The van der Waals surface area contributed by atoms with E-state index >= 15 is 0 Å². The van der Waals surface area contributed by atoms with Crippen LogP contribution in [0.1, 0.15) is 32.1 Å². The van der Waals surface area contributed by atoms with E-state index in [-0.39, 0.29) is 5.41 Å². The Kier molecular flexibility index (Phi) is 4.46. The molecule has 0 amide bonds. The van der Waals surface area contributed by atoms with Crippen molar-refractivity contribution >= 4 is 43.2 Å². The van der Waals surface area contributed by atoms with Gasteiger partial charge in [0.15, 0.2) is 0 Å². The first-order valence-electron chi connectivity index (χ1n) is 11.3. The van der Waals surface area contributed by atoms with E-state index in [9.17, 15) is 0 Å². The summed E-state index contributed by atoms with van der Waals surface area (Å²) in [7, 11) is 0. The van der Waals surface area contributed by atoms with Crippen LogP contribution in [0.4, 0.5) is 0 Å². The van der Waals surface area contributed by atoms with Crippen molar-refractivity contribution in [3.63, 3.8) is 0 Å². The van der Waals surface area contributed by atoms with E-state index in [0.717, 1.165) is 22.4 Å². The maximum absolute atomic E-state index is 5.76. The van der Waals surface area contributed by atoms with Crippen LogP contribution < -0.4 is 0 Å². The zero-order chi connectivity index (χ0) is 22.7. The maximum atomic E-state index is 5.76. The van der Waals surface area contributed by atoms with E-state index in [0.29, 0.717) is 0 Å². The fraction of sp³-hybridized carbons (Fsp3) is 0.167. The van der Waals surface area contributed by atoms with Gasteiger partial charge in [-0.15, -0.1) is 11.3 Å².